The molecule has 1 N–H and O–H groups in total. The van der Waals surface area contributed by atoms with Gasteiger partial charge in [-0.1, -0.05) is 23.7 Å². The smallest absolute Gasteiger partial charge is 0.261 e. The largest absolute Gasteiger partial charge is 0.451 e. The van der Waals surface area contributed by atoms with Crippen LogP contribution in [0, 0.1) is 11.8 Å². The highest BCUT2D eigenvalue weighted by atomic mass is 35.5. The molecule has 0 bridgehead atoms. The maximum Gasteiger partial charge on any atom is 0.261 e. The Kier molecular flexibility index (Phi) is 3.96. The monoisotopic (exact) mass is 425 g/mol. The Balaban J connectivity index is 1.31. The molecule has 2 amide bonds. The van der Waals surface area contributed by atoms with Crippen LogP contribution in [0.4, 0.5) is 5.69 Å². The van der Waals surface area contributed by atoms with E-state index in [0.717, 1.165) is 5.56 Å². The van der Waals surface area contributed by atoms with Crippen LogP contribution in [-0.2, 0) is 6.54 Å². The first-order valence-electron chi connectivity index (χ1n) is 10.3. The number of benzene rings is 1. The summed E-state index contributed by atoms with van der Waals surface area (Å²) in [4.78, 5) is 32.5. The van der Waals surface area contributed by atoms with Crippen molar-refractivity contribution in [2.45, 2.75) is 38.3 Å². The molecule has 4 aliphatic rings. The summed E-state index contributed by atoms with van der Waals surface area (Å²) in [6, 6.07) is 5.92. The third kappa shape index (κ3) is 2.83. The number of nitrogens with zero attached hydrogens (tertiary/aromatic N) is 2. The molecule has 2 aliphatic carbocycles. The Hall–Kier alpha value is -2.80. The van der Waals surface area contributed by atoms with Crippen molar-refractivity contribution in [1.29, 1.82) is 0 Å². The summed E-state index contributed by atoms with van der Waals surface area (Å²) in [6.45, 7) is 0.596. The Morgan fingerprint density at radius 1 is 1.20 bits per heavy atom. The molecule has 6 rings (SSSR count). The van der Waals surface area contributed by atoms with E-state index in [1.807, 2.05) is 17.0 Å². The Morgan fingerprint density at radius 2 is 1.97 bits per heavy atom. The van der Waals surface area contributed by atoms with Gasteiger partial charge in [-0.15, -0.1) is 0 Å². The average Bonchev–Trinajstić information content (AvgIpc) is 3.65. The van der Waals surface area contributed by atoms with Crippen LogP contribution >= 0.6 is 11.6 Å². The molecule has 0 saturated heterocycles. The molecule has 2 fully saturated rings. The minimum absolute atomic E-state index is 0.00957. The van der Waals surface area contributed by atoms with E-state index in [0.29, 0.717) is 35.7 Å². The lowest BCUT2D eigenvalue weighted by Gasteiger charge is -2.28. The van der Waals surface area contributed by atoms with E-state index in [1.54, 1.807) is 6.07 Å². The van der Waals surface area contributed by atoms with Gasteiger partial charge in [-0.25, -0.2) is 4.98 Å². The first-order chi connectivity index (χ1) is 14.6. The highest BCUT2D eigenvalue weighted by Gasteiger charge is 2.48. The van der Waals surface area contributed by atoms with E-state index in [1.165, 1.54) is 31.9 Å². The second kappa shape index (κ2) is 6.60. The number of carbonyl (C=O) groups is 2. The van der Waals surface area contributed by atoms with Crippen molar-refractivity contribution in [3.63, 3.8) is 0 Å². The van der Waals surface area contributed by atoms with Crippen molar-refractivity contribution < 1.29 is 19.1 Å². The summed E-state index contributed by atoms with van der Waals surface area (Å²) in [5.41, 5.74) is 2.19. The molecule has 30 heavy (non-hydrogen) atoms. The normalized spacial score (nSPS) is 19.4. The number of carbonyl (C=O) groups excluding carboxylic acids is 2. The summed E-state index contributed by atoms with van der Waals surface area (Å²) in [5, 5.41) is 3.04. The molecular weight excluding hydrogens is 406 g/mol. The Labute approximate surface area is 178 Å². The molecule has 0 atom stereocenters. The molecule has 1 aromatic carbocycles. The number of fused-ring (bicyclic) bond motifs is 2. The van der Waals surface area contributed by atoms with E-state index in [-0.39, 0.29) is 34.9 Å². The van der Waals surface area contributed by atoms with Gasteiger partial charge in [0.15, 0.2) is 5.75 Å². The van der Waals surface area contributed by atoms with E-state index in [9.17, 15) is 9.59 Å². The van der Waals surface area contributed by atoms with Gasteiger partial charge < -0.3 is 19.7 Å². The number of hydrogen-bond acceptors (Lipinski definition) is 5. The van der Waals surface area contributed by atoms with Gasteiger partial charge in [0.1, 0.15) is 5.56 Å². The van der Waals surface area contributed by atoms with Gasteiger partial charge in [0.25, 0.3) is 17.7 Å². The van der Waals surface area contributed by atoms with Gasteiger partial charge in [0.2, 0.25) is 6.79 Å². The standard InChI is InChI=1S/C22H20ClN3O4/c23-14-8-24-21-19(29-10-30-21)17(14)20(27)25-15-3-1-2-13-9-26(22(28)16(13)15)18(11-4-5-11)12-6-7-12/h1-3,8,11-12,18H,4-7,9-10H2,(H,25,27). The number of pyridine rings is 1. The second-order valence-corrected chi connectivity index (χ2v) is 8.82. The van der Waals surface area contributed by atoms with Gasteiger partial charge in [0, 0.05) is 12.6 Å². The maximum absolute atomic E-state index is 13.4. The van der Waals surface area contributed by atoms with Crippen LogP contribution in [0.15, 0.2) is 24.4 Å². The topological polar surface area (TPSA) is 80.8 Å². The van der Waals surface area contributed by atoms with E-state index < -0.39 is 5.91 Å². The average molecular weight is 426 g/mol. The zero-order chi connectivity index (χ0) is 20.4. The molecule has 154 valence electrons. The Bertz CT molecular complexity index is 1070. The highest BCUT2D eigenvalue weighted by Crippen LogP contribution is 2.49. The van der Waals surface area contributed by atoms with E-state index >= 15 is 0 Å². The van der Waals surface area contributed by atoms with Gasteiger partial charge in [0.05, 0.1) is 22.5 Å². The number of halogens is 1. The summed E-state index contributed by atoms with van der Waals surface area (Å²) < 4.78 is 10.6. The molecule has 0 spiro atoms. The van der Waals surface area contributed by atoms with Crippen molar-refractivity contribution in [1.82, 2.24) is 9.88 Å². The van der Waals surface area contributed by atoms with Crippen molar-refractivity contribution in [3.8, 4) is 11.6 Å². The predicted molar refractivity (Wildman–Crippen MR) is 109 cm³/mol. The fraction of sp³-hybridized carbons (Fsp3) is 0.409. The number of nitrogens with one attached hydrogen (secondary N) is 1. The number of anilines is 1. The number of ether oxygens (including phenoxy) is 2. The van der Waals surface area contributed by atoms with Gasteiger partial charge >= 0.3 is 0 Å². The molecule has 2 aliphatic heterocycles. The number of hydrogen-bond donors (Lipinski definition) is 1. The lowest BCUT2D eigenvalue weighted by Crippen LogP contribution is -2.38. The summed E-state index contributed by atoms with van der Waals surface area (Å²) in [5.74, 6) is 1.28. The summed E-state index contributed by atoms with van der Waals surface area (Å²) in [6.07, 6.45) is 6.19. The minimum Gasteiger partial charge on any atom is -0.451 e. The fourth-order valence-electron chi connectivity index (χ4n) is 4.73. The second-order valence-electron chi connectivity index (χ2n) is 8.41. The third-order valence-electron chi connectivity index (χ3n) is 6.37. The third-order valence-corrected chi connectivity index (χ3v) is 6.65. The van der Waals surface area contributed by atoms with Crippen LogP contribution in [0.1, 0.15) is 52.0 Å². The molecule has 2 saturated carbocycles. The zero-order valence-electron chi connectivity index (χ0n) is 16.2. The van der Waals surface area contributed by atoms with E-state index in [2.05, 4.69) is 10.3 Å². The van der Waals surface area contributed by atoms with Crippen molar-refractivity contribution in [2.75, 3.05) is 12.1 Å². The summed E-state index contributed by atoms with van der Waals surface area (Å²) in [7, 11) is 0. The number of amides is 2. The van der Waals surface area contributed by atoms with Crippen LogP contribution in [0.2, 0.25) is 5.02 Å². The van der Waals surface area contributed by atoms with Gasteiger partial charge in [-0.3, -0.25) is 9.59 Å². The summed E-state index contributed by atoms with van der Waals surface area (Å²) >= 11 is 6.23. The Morgan fingerprint density at radius 3 is 2.70 bits per heavy atom. The van der Waals surface area contributed by atoms with Crippen LogP contribution < -0.4 is 14.8 Å². The highest BCUT2D eigenvalue weighted by molar-refractivity contribution is 6.35. The molecule has 2 aromatic rings. The van der Waals surface area contributed by atoms with E-state index in [4.69, 9.17) is 21.1 Å². The minimum atomic E-state index is -0.454. The lowest BCUT2D eigenvalue weighted by atomic mass is 10.1. The van der Waals surface area contributed by atoms with Gasteiger partial charge in [-0.05, 0) is 49.1 Å². The quantitative estimate of drug-likeness (QED) is 0.786. The number of rotatable bonds is 5. The van der Waals surface area contributed by atoms with Crippen LogP contribution in [0.25, 0.3) is 0 Å². The molecule has 1 aromatic heterocycles. The zero-order valence-corrected chi connectivity index (χ0v) is 16.9. The molecule has 7 nitrogen and oxygen atoms in total. The fourth-order valence-corrected chi connectivity index (χ4v) is 4.95. The molecule has 8 heteroatoms. The molecule has 0 unspecified atom stereocenters. The molecule has 0 radical (unpaired) electrons. The first-order valence-corrected chi connectivity index (χ1v) is 10.7. The lowest BCUT2D eigenvalue weighted by molar-refractivity contribution is 0.0653. The van der Waals surface area contributed by atoms with Crippen molar-refractivity contribution >= 4 is 29.1 Å². The van der Waals surface area contributed by atoms with Gasteiger partial charge in [-0.2, -0.15) is 0 Å². The van der Waals surface area contributed by atoms with Crippen molar-refractivity contribution in [3.05, 3.63) is 46.1 Å². The SMILES string of the molecule is O=C(Nc1cccc2c1C(=O)N(C(C1CC1)C1CC1)C2)c1c(Cl)cnc2c1OCO2. The van der Waals surface area contributed by atoms with Crippen LogP contribution in [0.5, 0.6) is 11.6 Å². The first kappa shape index (κ1) is 18.0. The van der Waals surface area contributed by atoms with Crippen molar-refractivity contribution in [2.24, 2.45) is 11.8 Å². The number of aromatic nitrogens is 1. The predicted octanol–water partition coefficient (Wildman–Crippen LogP) is 3.86. The molecular formula is C22H20ClN3O4. The molecule has 3 heterocycles. The van der Waals surface area contributed by atoms with Crippen LogP contribution in [0.3, 0.4) is 0 Å². The van der Waals surface area contributed by atoms with Crippen LogP contribution in [-0.4, -0.2) is 34.5 Å². The maximum atomic E-state index is 13.4.